The van der Waals surface area contributed by atoms with Crippen molar-refractivity contribution in [3.8, 4) is 0 Å². The summed E-state index contributed by atoms with van der Waals surface area (Å²) in [5.74, 6) is 1.91. The van der Waals surface area contributed by atoms with Gasteiger partial charge in [-0.15, -0.1) is 0 Å². The number of pyridine rings is 1. The van der Waals surface area contributed by atoms with Gasteiger partial charge in [0, 0.05) is 38.6 Å². The van der Waals surface area contributed by atoms with E-state index < -0.39 is 0 Å². The van der Waals surface area contributed by atoms with E-state index in [4.69, 9.17) is 0 Å². The zero-order valence-electron chi connectivity index (χ0n) is 19.0. The summed E-state index contributed by atoms with van der Waals surface area (Å²) in [5, 5.41) is 3.04. The molecule has 0 radical (unpaired) electrons. The van der Waals surface area contributed by atoms with Crippen LogP contribution in [-0.4, -0.2) is 42.0 Å². The predicted molar refractivity (Wildman–Crippen MR) is 127 cm³/mol. The third-order valence-corrected chi connectivity index (χ3v) is 6.71. The van der Waals surface area contributed by atoms with E-state index >= 15 is 0 Å². The number of amides is 1. The van der Waals surface area contributed by atoms with Crippen LogP contribution in [0.4, 0.5) is 11.5 Å². The molecule has 1 N–H and O–H groups in total. The van der Waals surface area contributed by atoms with Gasteiger partial charge in [0.1, 0.15) is 5.82 Å². The Morgan fingerprint density at radius 2 is 1.77 bits per heavy atom. The van der Waals surface area contributed by atoms with E-state index in [0.29, 0.717) is 5.92 Å². The number of hydrogen-bond donors (Lipinski definition) is 1. The van der Waals surface area contributed by atoms with Crippen molar-refractivity contribution in [2.45, 2.75) is 58.4 Å². The highest BCUT2D eigenvalue weighted by atomic mass is 16.1. The maximum absolute atomic E-state index is 12.3. The maximum Gasteiger partial charge on any atom is 0.227 e. The van der Waals surface area contributed by atoms with Gasteiger partial charge in [-0.05, 0) is 48.4 Å². The van der Waals surface area contributed by atoms with Gasteiger partial charge < -0.3 is 10.2 Å². The number of nitrogens with one attached hydrogen (secondary N) is 1. The Morgan fingerprint density at radius 3 is 2.45 bits per heavy atom. The molecule has 4 rings (SSSR count). The van der Waals surface area contributed by atoms with Crippen LogP contribution in [0, 0.1) is 5.92 Å². The van der Waals surface area contributed by atoms with Gasteiger partial charge in [-0.3, -0.25) is 9.69 Å². The number of carbonyl (C=O) groups excluding carboxylic acids is 1. The van der Waals surface area contributed by atoms with E-state index in [1.54, 1.807) is 6.20 Å². The van der Waals surface area contributed by atoms with Crippen LogP contribution in [0.3, 0.4) is 0 Å². The van der Waals surface area contributed by atoms with E-state index in [1.807, 2.05) is 12.1 Å². The fourth-order valence-electron chi connectivity index (χ4n) is 4.70. The SMILES string of the molecule is CC(C)c1ccc(CN2CCCN(c3ccc(NC(=O)C4CCCC4)cn3)CC2)cc1. The molecule has 2 heterocycles. The predicted octanol–water partition coefficient (Wildman–Crippen LogP) is 5.05. The Balaban J connectivity index is 1.29. The van der Waals surface area contributed by atoms with Gasteiger partial charge in [0.05, 0.1) is 11.9 Å². The maximum atomic E-state index is 12.3. The van der Waals surface area contributed by atoms with E-state index in [9.17, 15) is 4.79 Å². The molecule has 1 aromatic heterocycles. The van der Waals surface area contributed by atoms with Crippen molar-refractivity contribution in [2.24, 2.45) is 5.92 Å². The molecule has 0 bridgehead atoms. The molecule has 0 spiro atoms. The Bertz CT molecular complexity index is 841. The minimum Gasteiger partial charge on any atom is -0.355 e. The lowest BCUT2D eigenvalue weighted by atomic mass is 10.0. The van der Waals surface area contributed by atoms with Crippen molar-refractivity contribution in [3.05, 3.63) is 53.7 Å². The fourth-order valence-corrected chi connectivity index (χ4v) is 4.70. The lowest BCUT2D eigenvalue weighted by Gasteiger charge is -2.23. The van der Waals surface area contributed by atoms with Crippen molar-refractivity contribution in [3.63, 3.8) is 0 Å². The van der Waals surface area contributed by atoms with Gasteiger partial charge >= 0.3 is 0 Å². The first-order chi connectivity index (χ1) is 15.1. The number of hydrogen-bond acceptors (Lipinski definition) is 4. The highest BCUT2D eigenvalue weighted by Gasteiger charge is 2.23. The van der Waals surface area contributed by atoms with Gasteiger partial charge in [-0.1, -0.05) is 51.0 Å². The van der Waals surface area contributed by atoms with E-state index in [0.717, 1.165) is 63.5 Å². The van der Waals surface area contributed by atoms with Crippen molar-refractivity contribution in [2.75, 3.05) is 36.4 Å². The summed E-state index contributed by atoms with van der Waals surface area (Å²) in [5.41, 5.74) is 3.60. The topological polar surface area (TPSA) is 48.5 Å². The number of carbonyl (C=O) groups is 1. The Morgan fingerprint density at radius 1 is 1.00 bits per heavy atom. The lowest BCUT2D eigenvalue weighted by molar-refractivity contribution is -0.119. The monoisotopic (exact) mass is 420 g/mol. The van der Waals surface area contributed by atoms with Gasteiger partial charge in [-0.25, -0.2) is 4.98 Å². The molecule has 2 aliphatic rings. The molecule has 1 aromatic carbocycles. The Kier molecular flexibility index (Phi) is 7.23. The summed E-state index contributed by atoms with van der Waals surface area (Å²) in [7, 11) is 0. The molecule has 2 aromatic rings. The molecule has 1 amide bonds. The van der Waals surface area contributed by atoms with Crippen molar-refractivity contribution in [1.29, 1.82) is 0 Å². The third kappa shape index (κ3) is 5.85. The molecule has 31 heavy (non-hydrogen) atoms. The van der Waals surface area contributed by atoms with Crippen LogP contribution >= 0.6 is 0 Å². The molecule has 166 valence electrons. The van der Waals surface area contributed by atoms with E-state index in [1.165, 1.54) is 24.0 Å². The zero-order valence-corrected chi connectivity index (χ0v) is 19.0. The van der Waals surface area contributed by atoms with Crippen molar-refractivity contribution in [1.82, 2.24) is 9.88 Å². The second-order valence-corrected chi connectivity index (χ2v) is 9.39. The van der Waals surface area contributed by atoms with Crippen LogP contribution in [0.2, 0.25) is 0 Å². The molecular formula is C26H36N4O. The largest absolute Gasteiger partial charge is 0.355 e. The summed E-state index contributed by atoms with van der Waals surface area (Å²) < 4.78 is 0. The summed E-state index contributed by atoms with van der Waals surface area (Å²) in [6.07, 6.45) is 7.31. The molecule has 0 unspecified atom stereocenters. The van der Waals surface area contributed by atoms with Gasteiger partial charge in [-0.2, -0.15) is 0 Å². The Labute approximate surface area is 186 Å². The van der Waals surface area contributed by atoms with Crippen LogP contribution in [0.25, 0.3) is 0 Å². The summed E-state index contributed by atoms with van der Waals surface area (Å²) >= 11 is 0. The molecule has 0 atom stereocenters. The number of anilines is 2. The van der Waals surface area contributed by atoms with Gasteiger partial charge in [0.15, 0.2) is 0 Å². The number of aromatic nitrogens is 1. The summed E-state index contributed by atoms with van der Waals surface area (Å²) in [6.45, 7) is 9.62. The molecular weight excluding hydrogens is 384 g/mol. The molecule has 2 fully saturated rings. The molecule has 1 saturated heterocycles. The van der Waals surface area contributed by atoms with E-state index in [2.05, 4.69) is 58.2 Å². The van der Waals surface area contributed by atoms with Crippen LogP contribution in [0.1, 0.15) is 63.0 Å². The first-order valence-corrected chi connectivity index (χ1v) is 11.9. The number of benzene rings is 1. The standard InChI is InChI=1S/C26H36N4O/c1-20(2)22-10-8-21(9-11-22)19-29-14-5-15-30(17-16-29)25-13-12-24(18-27-25)28-26(31)23-6-3-4-7-23/h8-13,18,20,23H,3-7,14-17,19H2,1-2H3,(H,28,31). The third-order valence-electron chi connectivity index (χ3n) is 6.71. The first-order valence-electron chi connectivity index (χ1n) is 11.9. The quantitative estimate of drug-likeness (QED) is 0.711. The zero-order chi connectivity index (χ0) is 21.6. The fraction of sp³-hybridized carbons (Fsp3) is 0.538. The van der Waals surface area contributed by atoms with Crippen LogP contribution < -0.4 is 10.2 Å². The highest BCUT2D eigenvalue weighted by molar-refractivity contribution is 5.92. The van der Waals surface area contributed by atoms with Crippen molar-refractivity contribution < 1.29 is 4.79 Å². The highest BCUT2D eigenvalue weighted by Crippen LogP contribution is 2.26. The smallest absolute Gasteiger partial charge is 0.227 e. The molecule has 5 nitrogen and oxygen atoms in total. The van der Waals surface area contributed by atoms with Crippen LogP contribution in [-0.2, 0) is 11.3 Å². The van der Waals surface area contributed by atoms with Crippen LogP contribution in [0.5, 0.6) is 0 Å². The molecule has 5 heteroatoms. The summed E-state index contributed by atoms with van der Waals surface area (Å²) in [4.78, 5) is 21.9. The average Bonchev–Trinajstić information content (AvgIpc) is 3.22. The second-order valence-electron chi connectivity index (χ2n) is 9.39. The average molecular weight is 421 g/mol. The summed E-state index contributed by atoms with van der Waals surface area (Å²) in [6, 6.07) is 13.1. The minimum atomic E-state index is 0.152. The minimum absolute atomic E-state index is 0.152. The van der Waals surface area contributed by atoms with Gasteiger partial charge in [0.25, 0.3) is 0 Å². The number of rotatable bonds is 6. The molecule has 1 aliphatic heterocycles. The lowest BCUT2D eigenvalue weighted by Crippen LogP contribution is -2.31. The van der Waals surface area contributed by atoms with E-state index in [-0.39, 0.29) is 11.8 Å². The second kappa shape index (κ2) is 10.3. The number of nitrogens with zero attached hydrogens (tertiary/aromatic N) is 3. The first kappa shape index (κ1) is 21.8. The Hall–Kier alpha value is -2.40. The van der Waals surface area contributed by atoms with Gasteiger partial charge in [0.2, 0.25) is 5.91 Å². The van der Waals surface area contributed by atoms with Crippen molar-refractivity contribution >= 4 is 17.4 Å². The molecule has 1 aliphatic carbocycles. The molecule has 1 saturated carbocycles. The normalized spacial score (nSPS) is 18.4. The van der Waals surface area contributed by atoms with Crippen LogP contribution in [0.15, 0.2) is 42.6 Å².